The standard InChI is InChI=1S/C15H23F3N2O3S/c1-11(20-24(21)14(2,3)4)12-5-6-13(19-9-12)23-8-7-22-10-15(16,17)18/h5-6,9,11,20H,7-8,10H2,1-4H3/t11-,24-/m1/s1. The molecule has 9 heteroatoms. The van der Waals surface area contributed by atoms with Crippen molar-refractivity contribution in [2.75, 3.05) is 19.8 Å². The fraction of sp³-hybridized carbons (Fsp3) is 0.667. The zero-order valence-corrected chi connectivity index (χ0v) is 15.0. The Morgan fingerprint density at radius 1 is 1.25 bits per heavy atom. The molecular weight excluding hydrogens is 345 g/mol. The van der Waals surface area contributed by atoms with Crippen LogP contribution in [-0.2, 0) is 16.1 Å². The van der Waals surface area contributed by atoms with Crippen molar-refractivity contribution in [3.8, 4) is 5.88 Å². The number of pyridine rings is 1. The topological polar surface area (TPSA) is 66.4 Å². The number of hydrogen-bond donors (Lipinski definition) is 1. The Hall–Kier alpha value is -1.03. The molecule has 0 aliphatic heterocycles. The van der Waals surface area contributed by atoms with Crippen molar-refractivity contribution in [2.45, 2.75) is 44.7 Å². The van der Waals surface area contributed by atoms with Crippen molar-refractivity contribution in [3.63, 3.8) is 0 Å². The minimum Gasteiger partial charge on any atom is -0.598 e. The highest BCUT2D eigenvalue weighted by Gasteiger charge is 2.28. The summed E-state index contributed by atoms with van der Waals surface area (Å²) in [6.45, 7) is 6.00. The van der Waals surface area contributed by atoms with Crippen molar-refractivity contribution in [3.05, 3.63) is 23.9 Å². The van der Waals surface area contributed by atoms with Crippen LogP contribution in [0.25, 0.3) is 0 Å². The van der Waals surface area contributed by atoms with Crippen LogP contribution in [0.1, 0.15) is 39.3 Å². The van der Waals surface area contributed by atoms with Gasteiger partial charge in [-0.15, -0.1) is 4.72 Å². The van der Waals surface area contributed by atoms with E-state index in [4.69, 9.17) is 4.74 Å². The summed E-state index contributed by atoms with van der Waals surface area (Å²) in [5.41, 5.74) is 0.827. The van der Waals surface area contributed by atoms with Gasteiger partial charge in [0.25, 0.3) is 0 Å². The van der Waals surface area contributed by atoms with Gasteiger partial charge >= 0.3 is 6.18 Å². The number of hydrogen-bond acceptors (Lipinski definition) is 5. The Kier molecular flexibility index (Phi) is 7.78. The van der Waals surface area contributed by atoms with Gasteiger partial charge in [0, 0.05) is 23.6 Å². The molecule has 2 atom stereocenters. The largest absolute Gasteiger partial charge is 0.598 e. The van der Waals surface area contributed by atoms with Crippen LogP contribution in [-0.4, -0.2) is 40.3 Å². The highest BCUT2D eigenvalue weighted by molar-refractivity contribution is 7.90. The maximum atomic E-state index is 12.0. The van der Waals surface area contributed by atoms with Gasteiger partial charge in [-0.25, -0.2) is 4.98 Å². The fourth-order valence-corrected chi connectivity index (χ4v) is 2.34. The van der Waals surface area contributed by atoms with E-state index in [2.05, 4.69) is 14.4 Å². The summed E-state index contributed by atoms with van der Waals surface area (Å²) in [5.74, 6) is 0.290. The Morgan fingerprint density at radius 3 is 2.42 bits per heavy atom. The summed E-state index contributed by atoms with van der Waals surface area (Å²) < 4.78 is 60.0. The quantitative estimate of drug-likeness (QED) is 0.564. The summed E-state index contributed by atoms with van der Waals surface area (Å²) in [7, 11) is 0. The second-order valence-electron chi connectivity index (χ2n) is 6.17. The minimum atomic E-state index is -4.34. The Morgan fingerprint density at radius 2 is 1.92 bits per heavy atom. The van der Waals surface area contributed by atoms with Gasteiger partial charge < -0.3 is 14.0 Å². The van der Waals surface area contributed by atoms with Crippen LogP contribution in [0.3, 0.4) is 0 Å². The highest BCUT2D eigenvalue weighted by Crippen LogP contribution is 2.20. The van der Waals surface area contributed by atoms with Gasteiger partial charge in [-0.3, -0.25) is 0 Å². The van der Waals surface area contributed by atoms with Crippen LogP contribution >= 0.6 is 0 Å². The van der Waals surface area contributed by atoms with E-state index in [1.54, 1.807) is 18.3 Å². The molecule has 0 aromatic carbocycles. The molecule has 0 aliphatic carbocycles. The molecule has 0 amide bonds. The molecule has 1 rings (SSSR count). The molecule has 0 saturated carbocycles. The Labute approximate surface area is 143 Å². The molecular formula is C15H23F3N2O3S. The third-order valence-electron chi connectivity index (χ3n) is 2.84. The molecule has 0 fully saturated rings. The molecule has 0 unspecified atom stereocenters. The van der Waals surface area contributed by atoms with E-state index in [1.165, 1.54) is 0 Å². The van der Waals surface area contributed by atoms with E-state index in [0.717, 1.165) is 5.56 Å². The van der Waals surface area contributed by atoms with E-state index >= 15 is 0 Å². The average molecular weight is 368 g/mol. The van der Waals surface area contributed by atoms with Gasteiger partial charge in [0.05, 0.1) is 12.6 Å². The molecule has 1 N–H and O–H groups in total. The van der Waals surface area contributed by atoms with Crippen molar-refractivity contribution < 1.29 is 27.2 Å². The third kappa shape index (κ3) is 8.18. The van der Waals surface area contributed by atoms with E-state index in [1.807, 2.05) is 27.7 Å². The number of nitrogens with one attached hydrogen (secondary N) is 1. The minimum absolute atomic E-state index is 0.0235. The van der Waals surface area contributed by atoms with Gasteiger partial charge in [0.15, 0.2) is 0 Å². The highest BCUT2D eigenvalue weighted by atomic mass is 32.2. The predicted molar refractivity (Wildman–Crippen MR) is 86.1 cm³/mol. The molecule has 138 valence electrons. The number of ether oxygens (including phenoxy) is 2. The molecule has 0 bridgehead atoms. The molecule has 24 heavy (non-hydrogen) atoms. The summed E-state index contributed by atoms with van der Waals surface area (Å²) in [4.78, 5) is 4.08. The van der Waals surface area contributed by atoms with E-state index in [-0.39, 0.29) is 24.0 Å². The zero-order chi connectivity index (χ0) is 18.4. The van der Waals surface area contributed by atoms with Crippen LogP contribution in [0.4, 0.5) is 13.2 Å². The molecule has 1 aromatic heterocycles. The Bertz CT molecular complexity index is 492. The summed E-state index contributed by atoms with van der Waals surface area (Å²) in [5, 5.41) is 0. The van der Waals surface area contributed by atoms with Crippen molar-refractivity contribution in [1.29, 1.82) is 0 Å². The second kappa shape index (κ2) is 8.89. The van der Waals surface area contributed by atoms with Crippen molar-refractivity contribution in [2.24, 2.45) is 0 Å². The van der Waals surface area contributed by atoms with Crippen LogP contribution in [0.2, 0.25) is 0 Å². The molecule has 1 aromatic rings. The lowest BCUT2D eigenvalue weighted by Crippen LogP contribution is -2.40. The lowest BCUT2D eigenvalue weighted by atomic mass is 10.2. The van der Waals surface area contributed by atoms with Crippen LogP contribution in [0, 0.1) is 0 Å². The van der Waals surface area contributed by atoms with Crippen molar-refractivity contribution >= 4 is 11.4 Å². The number of nitrogens with zero attached hydrogens (tertiary/aromatic N) is 1. The molecule has 0 radical (unpaired) electrons. The first-order valence-electron chi connectivity index (χ1n) is 7.40. The normalized spacial score (nSPS) is 15.2. The molecule has 0 saturated heterocycles. The number of alkyl halides is 3. The van der Waals surface area contributed by atoms with Gasteiger partial charge in [-0.2, -0.15) is 13.2 Å². The van der Waals surface area contributed by atoms with Crippen LogP contribution in [0.15, 0.2) is 18.3 Å². The molecule has 5 nitrogen and oxygen atoms in total. The van der Waals surface area contributed by atoms with Crippen LogP contribution < -0.4 is 9.46 Å². The number of rotatable bonds is 8. The average Bonchev–Trinajstić information content (AvgIpc) is 2.45. The maximum Gasteiger partial charge on any atom is 0.411 e. The first kappa shape index (κ1) is 21.0. The van der Waals surface area contributed by atoms with Gasteiger partial charge in [-0.1, -0.05) is 6.07 Å². The molecule has 0 spiro atoms. The predicted octanol–water partition coefficient (Wildman–Crippen LogP) is 3.15. The summed E-state index contributed by atoms with van der Waals surface area (Å²) in [6.07, 6.45) is -2.76. The van der Waals surface area contributed by atoms with Gasteiger partial charge in [0.2, 0.25) is 5.88 Å². The van der Waals surface area contributed by atoms with Crippen molar-refractivity contribution in [1.82, 2.24) is 9.71 Å². The van der Waals surface area contributed by atoms with E-state index in [9.17, 15) is 17.7 Å². The lowest BCUT2D eigenvalue weighted by molar-refractivity contribution is -0.175. The van der Waals surface area contributed by atoms with Gasteiger partial charge in [0.1, 0.15) is 18.0 Å². The Balaban J connectivity index is 2.40. The number of halogens is 3. The monoisotopic (exact) mass is 368 g/mol. The lowest BCUT2D eigenvalue weighted by Gasteiger charge is -2.26. The second-order valence-corrected chi connectivity index (χ2v) is 8.16. The summed E-state index contributed by atoms with van der Waals surface area (Å²) in [6, 6.07) is 3.20. The zero-order valence-electron chi connectivity index (χ0n) is 14.1. The first-order valence-corrected chi connectivity index (χ1v) is 8.55. The summed E-state index contributed by atoms with van der Waals surface area (Å²) >= 11 is -1.21. The smallest absolute Gasteiger partial charge is 0.411 e. The first-order chi connectivity index (χ1) is 11.0. The fourth-order valence-electron chi connectivity index (χ4n) is 1.53. The SMILES string of the molecule is C[C@@H](N[S@+]([O-])C(C)(C)C)c1ccc(OCCOCC(F)(F)F)nc1. The van der Waals surface area contributed by atoms with Crippen LogP contribution in [0.5, 0.6) is 5.88 Å². The maximum absolute atomic E-state index is 12.0. The third-order valence-corrected chi connectivity index (χ3v) is 4.52. The number of aromatic nitrogens is 1. The molecule has 0 aliphatic rings. The molecule has 1 heterocycles. The van der Waals surface area contributed by atoms with Gasteiger partial charge in [-0.05, 0) is 33.3 Å². The van der Waals surface area contributed by atoms with E-state index < -0.39 is 24.1 Å². The van der Waals surface area contributed by atoms with E-state index in [0.29, 0.717) is 5.88 Å².